The highest BCUT2D eigenvalue weighted by Crippen LogP contribution is 2.27. The van der Waals surface area contributed by atoms with E-state index < -0.39 is 5.60 Å². The molecule has 0 saturated heterocycles. The maximum absolute atomic E-state index is 12.8. The number of oxazole rings is 1. The number of carbonyl (C=O) groups excluding carboxylic acids is 1. The summed E-state index contributed by atoms with van der Waals surface area (Å²) in [5.41, 5.74) is 1.62. The zero-order chi connectivity index (χ0) is 22.4. The molecule has 0 radical (unpaired) electrons. The van der Waals surface area contributed by atoms with E-state index in [1.807, 2.05) is 26.0 Å². The molecule has 0 aliphatic carbocycles. The molecule has 0 bridgehead atoms. The Kier molecular flexibility index (Phi) is 6.92. The minimum absolute atomic E-state index is 0.287. The summed E-state index contributed by atoms with van der Waals surface area (Å²) in [4.78, 5) is 21.2. The normalized spacial score (nSPS) is 10.9. The van der Waals surface area contributed by atoms with Crippen molar-refractivity contribution in [2.45, 2.75) is 33.3 Å². The Morgan fingerprint density at radius 2 is 1.71 bits per heavy atom. The molecular formula is C24H24ClN3O3. The second-order valence-electron chi connectivity index (χ2n) is 6.96. The number of benzene rings is 2. The summed E-state index contributed by atoms with van der Waals surface area (Å²) in [6, 6.07) is 15.8. The summed E-state index contributed by atoms with van der Waals surface area (Å²) in [5, 5.41) is 3.48. The smallest absolute Gasteiger partial charge is 0.267 e. The molecule has 0 atom stereocenters. The van der Waals surface area contributed by atoms with Crippen molar-refractivity contribution in [2.75, 3.05) is 5.32 Å². The fourth-order valence-electron chi connectivity index (χ4n) is 2.75. The summed E-state index contributed by atoms with van der Waals surface area (Å²) in [6.07, 6.45) is 3.36. The highest BCUT2D eigenvalue weighted by Gasteiger charge is 2.30. The van der Waals surface area contributed by atoms with Gasteiger partial charge in [-0.25, -0.2) is 4.98 Å². The molecule has 160 valence electrons. The van der Waals surface area contributed by atoms with E-state index in [-0.39, 0.29) is 5.91 Å². The minimum atomic E-state index is -1.09. The van der Waals surface area contributed by atoms with Crippen LogP contribution in [0.25, 0.3) is 22.6 Å². The van der Waals surface area contributed by atoms with Crippen LogP contribution in [0.15, 0.2) is 71.4 Å². The van der Waals surface area contributed by atoms with Gasteiger partial charge in [0.05, 0.1) is 0 Å². The van der Waals surface area contributed by atoms with Gasteiger partial charge in [-0.2, -0.15) is 0 Å². The number of rotatable bonds is 5. The van der Waals surface area contributed by atoms with Gasteiger partial charge < -0.3 is 14.5 Å². The van der Waals surface area contributed by atoms with E-state index >= 15 is 0 Å². The van der Waals surface area contributed by atoms with Gasteiger partial charge in [0.15, 0.2) is 11.2 Å². The first-order valence-corrected chi connectivity index (χ1v) is 10.4. The van der Waals surface area contributed by atoms with Crippen molar-refractivity contribution in [3.05, 3.63) is 72.0 Å². The molecule has 0 aliphatic rings. The van der Waals surface area contributed by atoms with Gasteiger partial charge in [0.1, 0.15) is 11.3 Å². The van der Waals surface area contributed by atoms with Crippen molar-refractivity contribution >= 4 is 34.3 Å². The lowest BCUT2D eigenvalue weighted by Crippen LogP contribution is -2.42. The minimum Gasteiger partial charge on any atom is -0.478 e. The third kappa shape index (κ3) is 5.41. The Labute approximate surface area is 186 Å². The number of aromatic nitrogens is 2. The van der Waals surface area contributed by atoms with Gasteiger partial charge >= 0.3 is 0 Å². The van der Waals surface area contributed by atoms with Gasteiger partial charge in [-0.1, -0.05) is 25.4 Å². The number of nitrogens with zero attached hydrogens (tertiary/aromatic N) is 2. The molecule has 2 aromatic heterocycles. The zero-order valence-corrected chi connectivity index (χ0v) is 18.6. The number of fused-ring (bicyclic) bond motifs is 1. The van der Waals surface area contributed by atoms with Crippen LogP contribution in [-0.4, -0.2) is 21.5 Å². The predicted molar refractivity (Wildman–Crippen MR) is 123 cm³/mol. The molecule has 0 unspecified atom stereocenters. The molecular weight excluding hydrogens is 414 g/mol. The second-order valence-corrected chi connectivity index (χ2v) is 7.39. The first-order valence-electron chi connectivity index (χ1n) is 9.98. The van der Waals surface area contributed by atoms with E-state index in [4.69, 9.17) is 20.8 Å². The van der Waals surface area contributed by atoms with Crippen LogP contribution in [-0.2, 0) is 4.79 Å². The SMILES string of the molecule is CC.CC(C)(Oc1ccc(Cl)cc1)C(=O)Nc1ccc2oc(-c3ccncc3)nc2c1. The maximum atomic E-state index is 12.8. The van der Waals surface area contributed by atoms with Crippen molar-refractivity contribution in [3.63, 3.8) is 0 Å². The maximum Gasteiger partial charge on any atom is 0.267 e. The van der Waals surface area contributed by atoms with Gasteiger partial charge in [0.25, 0.3) is 5.91 Å². The zero-order valence-electron chi connectivity index (χ0n) is 17.8. The van der Waals surface area contributed by atoms with Crippen molar-refractivity contribution in [1.82, 2.24) is 9.97 Å². The van der Waals surface area contributed by atoms with E-state index in [1.165, 1.54) is 0 Å². The summed E-state index contributed by atoms with van der Waals surface area (Å²) in [7, 11) is 0. The molecule has 4 aromatic rings. The van der Waals surface area contributed by atoms with Crippen LogP contribution >= 0.6 is 11.6 Å². The number of amides is 1. The van der Waals surface area contributed by atoms with E-state index in [0.29, 0.717) is 33.4 Å². The molecule has 0 spiro atoms. The number of halogens is 1. The van der Waals surface area contributed by atoms with Crippen molar-refractivity contribution < 1.29 is 13.9 Å². The van der Waals surface area contributed by atoms with Crippen LogP contribution in [0.2, 0.25) is 5.02 Å². The molecule has 2 heterocycles. The lowest BCUT2D eigenvalue weighted by Gasteiger charge is -2.25. The predicted octanol–water partition coefficient (Wildman–Crippen LogP) is 6.37. The van der Waals surface area contributed by atoms with Crippen LogP contribution in [0.1, 0.15) is 27.7 Å². The number of ether oxygens (including phenoxy) is 1. The van der Waals surface area contributed by atoms with E-state index in [9.17, 15) is 4.79 Å². The van der Waals surface area contributed by atoms with E-state index in [0.717, 1.165) is 5.56 Å². The van der Waals surface area contributed by atoms with Crippen molar-refractivity contribution in [1.29, 1.82) is 0 Å². The highest BCUT2D eigenvalue weighted by atomic mass is 35.5. The van der Waals surface area contributed by atoms with Crippen molar-refractivity contribution in [3.8, 4) is 17.2 Å². The number of hydrogen-bond donors (Lipinski definition) is 1. The Morgan fingerprint density at radius 3 is 2.39 bits per heavy atom. The van der Waals surface area contributed by atoms with E-state index in [2.05, 4.69) is 15.3 Å². The molecule has 7 heteroatoms. The van der Waals surface area contributed by atoms with Gasteiger partial charge in [-0.15, -0.1) is 0 Å². The lowest BCUT2D eigenvalue weighted by molar-refractivity contribution is -0.128. The van der Waals surface area contributed by atoms with Gasteiger partial charge in [0.2, 0.25) is 5.89 Å². The quantitative estimate of drug-likeness (QED) is 0.392. The summed E-state index contributed by atoms with van der Waals surface area (Å²) < 4.78 is 11.6. The first kappa shape index (κ1) is 22.3. The van der Waals surface area contributed by atoms with Crippen LogP contribution in [0, 0.1) is 0 Å². The fraction of sp³-hybridized carbons (Fsp3) is 0.208. The number of carbonyl (C=O) groups is 1. The standard InChI is InChI=1S/C22H18ClN3O3.C2H6/c1-22(2,29-17-6-3-15(23)4-7-17)21(27)25-16-5-8-19-18(13-16)26-20(28-19)14-9-11-24-12-10-14;1-2/h3-13H,1-2H3,(H,25,27);1-2H3. The van der Waals surface area contributed by atoms with Gasteiger partial charge in [-0.05, 0) is 68.4 Å². The summed E-state index contributed by atoms with van der Waals surface area (Å²) in [5.74, 6) is 0.769. The fourth-order valence-corrected chi connectivity index (χ4v) is 2.87. The van der Waals surface area contributed by atoms with Gasteiger partial charge in [-0.3, -0.25) is 9.78 Å². The number of nitrogens with one attached hydrogen (secondary N) is 1. The molecule has 0 aliphatic heterocycles. The Morgan fingerprint density at radius 1 is 1.03 bits per heavy atom. The molecule has 6 nitrogen and oxygen atoms in total. The number of anilines is 1. The summed E-state index contributed by atoms with van der Waals surface area (Å²) >= 11 is 5.89. The van der Waals surface area contributed by atoms with Crippen LogP contribution in [0.3, 0.4) is 0 Å². The van der Waals surface area contributed by atoms with Crippen LogP contribution in [0.5, 0.6) is 5.75 Å². The third-order valence-corrected chi connectivity index (χ3v) is 4.56. The lowest BCUT2D eigenvalue weighted by atomic mass is 10.1. The molecule has 1 amide bonds. The third-order valence-electron chi connectivity index (χ3n) is 4.31. The monoisotopic (exact) mass is 437 g/mol. The largest absolute Gasteiger partial charge is 0.478 e. The Hall–Kier alpha value is -3.38. The van der Waals surface area contributed by atoms with Crippen LogP contribution < -0.4 is 10.1 Å². The Balaban J connectivity index is 0.00000132. The van der Waals surface area contributed by atoms with Crippen molar-refractivity contribution in [2.24, 2.45) is 0 Å². The first-order chi connectivity index (χ1) is 14.9. The average Bonchev–Trinajstić information content (AvgIpc) is 3.21. The molecule has 2 aromatic carbocycles. The van der Waals surface area contributed by atoms with E-state index in [1.54, 1.807) is 68.7 Å². The summed E-state index contributed by atoms with van der Waals surface area (Å²) in [6.45, 7) is 7.40. The topological polar surface area (TPSA) is 77.2 Å². The van der Waals surface area contributed by atoms with Crippen LogP contribution in [0.4, 0.5) is 5.69 Å². The Bertz CT molecular complexity index is 1160. The molecule has 0 fully saturated rings. The molecule has 4 rings (SSSR count). The van der Waals surface area contributed by atoms with Gasteiger partial charge in [0, 0.05) is 28.7 Å². The second kappa shape index (κ2) is 9.62. The molecule has 31 heavy (non-hydrogen) atoms. The molecule has 0 saturated carbocycles. The number of hydrogen-bond acceptors (Lipinski definition) is 5. The average molecular weight is 438 g/mol. The molecule has 1 N–H and O–H groups in total. The highest BCUT2D eigenvalue weighted by molar-refractivity contribution is 6.30. The number of pyridine rings is 1.